The maximum atomic E-state index is 12.7. The Morgan fingerprint density at radius 2 is 2.27 bits per heavy atom. The fourth-order valence-electron chi connectivity index (χ4n) is 3.59. The molecule has 26 heavy (non-hydrogen) atoms. The van der Waals surface area contributed by atoms with Crippen LogP contribution in [0.5, 0.6) is 5.75 Å². The normalized spacial score (nSPS) is 19.2. The van der Waals surface area contributed by atoms with E-state index in [0.717, 1.165) is 37.9 Å². The quantitative estimate of drug-likeness (QED) is 0.766. The van der Waals surface area contributed by atoms with Crippen LogP contribution in [0.25, 0.3) is 0 Å². The molecule has 4 rings (SSSR count). The van der Waals surface area contributed by atoms with E-state index in [1.165, 1.54) is 0 Å². The van der Waals surface area contributed by atoms with Gasteiger partial charge in [-0.25, -0.2) is 0 Å². The fourth-order valence-corrected chi connectivity index (χ4v) is 3.59. The Kier molecular flexibility index (Phi) is 4.71. The number of ether oxygens (including phenoxy) is 1. The standard InChI is InChI=1S/C19H22N4O3/c24-16-5-1-4-14-18(16)13(9-22-14)19(25)23-15-10-20-8-6-17(15)26-11-12-3-2-7-21-12/h6,8-10,12,21-22H,1-5,7,11H2,(H,23,25)/t12-/m1/s1. The van der Waals surface area contributed by atoms with Crippen molar-refractivity contribution in [2.75, 3.05) is 18.5 Å². The molecule has 0 spiro atoms. The summed E-state index contributed by atoms with van der Waals surface area (Å²) in [6.07, 6.45) is 9.16. The lowest BCUT2D eigenvalue weighted by Crippen LogP contribution is -2.28. The number of aromatic nitrogens is 2. The summed E-state index contributed by atoms with van der Waals surface area (Å²) in [6.45, 7) is 1.56. The van der Waals surface area contributed by atoms with Gasteiger partial charge in [-0.2, -0.15) is 0 Å². The molecule has 136 valence electrons. The van der Waals surface area contributed by atoms with Gasteiger partial charge in [0.15, 0.2) is 5.78 Å². The van der Waals surface area contributed by atoms with E-state index < -0.39 is 0 Å². The molecule has 1 amide bonds. The molecule has 0 saturated carbocycles. The van der Waals surface area contributed by atoms with E-state index >= 15 is 0 Å². The minimum Gasteiger partial charge on any atom is -0.490 e. The molecule has 1 fully saturated rings. The van der Waals surface area contributed by atoms with Crippen LogP contribution in [0.3, 0.4) is 0 Å². The Hall–Kier alpha value is -2.67. The highest BCUT2D eigenvalue weighted by molar-refractivity contribution is 6.13. The van der Waals surface area contributed by atoms with E-state index in [2.05, 4.69) is 20.6 Å². The van der Waals surface area contributed by atoms with E-state index in [0.29, 0.717) is 41.6 Å². The number of ketones is 1. The third-order valence-electron chi connectivity index (χ3n) is 4.95. The average molecular weight is 354 g/mol. The largest absolute Gasteiger partial charge is 0.490 e. The van der Waals surface area contributed by atoms with Crippen LogP contribution in [-0.4, -0.2) is 40.9 Å². The van der Waals surface area contributed by atoms with E-state index in [-0.39, 0.29) is 11.7 Å². The predicted octanol–water partition coefficient (Wildman–Crippen LogP) is 2.31. The maximum Gasteiger partial charge on any atom is 0.258 e. The monoisotopic (exact) mass is 354 g/mol. The smallest absolute Gasteiger partial charge is 0.258 e. The number of rotatable bonds is 5. The van der Waals surface area contributed by atoms with Gasteiger partial charge >= 0.3 is 0 Å². The number of hydrogen-bond acceptors (Lipinski definition) is 5. The Labute approximate surface area is 151 Å². The number of pyridine rings is 1. The molecule has 1 aliphatic heterocycles. The third kappa shape index (κ3) is 3.35. The zero-order chi connectivity index (χ0) is 17.9. The molecule has 3 heterocycles. The van der Waals surface area contributed by atoms with Crippen LogP contribution in [0.2, 0.25) is 0 Å². The number of aryl methyl sites for hydroxylation is 1. The van der Waals surface area contributed by atoms with E-state index in [4.69, 9.17) is 4.74 Å². The maximum absolute atomic E-state index is 12.7. The van der Waals surface area contributed by atoms with Crippen LogP contribution in [-0.2, 0) is 6.42 Å². The van der Waals surface area contributed by atoms with Gasteiger partial charge in [-0.05, 0) is 32.2 Å². The van der Waals surface area contributed by atoms with Gasteiger partial charge in [0.25, 0.3) is 5.91 Å². The predicted molar refractivity (Wildman–Crippen MR) is 96.8 cm³/mol. The molecule has 0 radical (unpaired) electrons. The molecule has 2 aliphatic rings. The first-order valence-corrected chi connectivity index (χ1v) is 9.07. The molecule has 1 saturated heterocycles. The van der Waals surface area contributed by atoms with E-state index in [1.54, 1.807) is 24.7 Å². The third-order valence-corrected chi connectivity index (χ3v) is 4.95. The van der Waals surface area contributed by atoms with Crippen molar-refractivity contribution in [3.8, 4) is 5.75 Å². The van der Waals surface area contributed by atoms with Gasteiger partial charge in [0.2, 0.25) is 0 Å². The van der Waals surface area contributed by atoms with Crippen molar-refractivity contribution < 1.29 is 14.3 Å². The summed E-state index contributed by atoms with van der Waals surface area (Å²) in [4.78, 5) is 32.1. The van der Waals surface area contributed by atoms with Crippen molar-refractivity contribution in [3.63, 3.8) is 0 Å². The summed E-state index contributed by atoms with van der Waals surface area (Å²) in [6, 6.07) is 2.07. The molecule has 0 aromatic carbocycles. The van der Waals surface area contributed by atoms with Gasteiger partial charge in [-0.3, -0.25) is 14.6 Å². The molecule has 7 heteroatoms. The lowest BCUT2D eigenvalue weighted by atomic mass is 9.93. The number of fused-ring (bicyclic) bond motifs is 1. The summed E-state index contributed by atoms with van der Waals surface area (Å²) < 4.78 is 5.88. The fraction of sp³-hybridized carbons (Fsp3) is 0.421. The van der Waals surface area contributed by atoms with Gasteiger partial charge in [0, 0.05) is 36.6 Å². The molecule has 2 aromatic rings. The Balaban J connectivity index is 1.50. The summed E-state index contributed by atoms with van der Waals surface area (Å²) in [5, 5.41) is 6.22. The summed E-state index contributed by atoms with van der Waals surface area (Å²) >= 11 is 0. The molecular formula is C19H22N4O3. The van der Waals surface area contributed by atoms with E-state index in [9.17, 15) is 9.59 Å². The molecule has 2 aromatic heterocycles. The molecule has 7 nitrogen and oxygen atoms in total. The summed E-state index contributed by atoms with van der Waals surface area (Å²) in [5.41, 5.74) is 2.27. The number of H-pyrrole nitrogens is 1. The number of nitrogens with one attached hydrogen (secondary N) is 3. The molecule has 0 bridgehead atoms. The topological polar surface area (TPSA) is 96.1 Å². The van der Waals surface area contributed by atoms with E-state index in [1.807, 2.05) is 0 Å². The van der Waals surface area contributed by atoms with Crippen LogP contribution >= 0.6 is 0 Å². The Morgan fingerprint density at radius 1 is 1.35 bits per heavy atom. The van der Waals surface area contributed by atoms with Crippen LogP contribution in [0, 0.1) is 0 Å². The van der Waals surface area contributed by atoms with Crippen LogP contribution in [0.15, 0.2) is 24.7 Å². The highest BCUT2D eigenvalue weighted by Gasteiger charge is 2.26. The Morgan fingerprint density at radius 3 is 3.12 bits per heavy atom. The number of carbonyl (C=O) groups excluding carboxylic acids is 2. The van der Waals surface area contributed by atoms with Gasteiger partial charge in [-0.15, -0.1) is 0 Å². The Bertz CT molecular complexity index is 824. The van der Waals surface area contributed by atoms with Gasteiger partial charge in [-0.1, -0.05) is 0 Å². The van der Waals surface area contributed by atoms with Crippen molar-refractivity contribution in [1.29, 1.82) is 0 Å². The lowest BCUT2D eigenvalue weighted by Gasteiger charge is -2.16. The molecule has 3 N–H and O–H groups in total. The van der Waals surface area contributed by atoms with Crippen molar-refractivity contribution in [2.45, 2.75) is 38.1 Å². The lowest BCUT2D eigenvalue weighted by molar-refractivity contribution is 0.0956. The molecular weight excluding hydrogens is 332 g/mol. The molecule has 1 atom stereocenters. The number of nitrogens with zero attached hydrogens (tertiary/aromatic N) is 1. The highest BCUT2D eigenvalue weighted by Crippen LogP contribution is 2.27. The van der Waals surface area contributed by atoms with Crippen molar-refractivity contribution in [2.24, 2.45) is 0 Å². The first-order chi connectivity index (χ1) is 12.7. The van der Waals surface area contributed by atoms with Crippen molar-refractivity contribution in [3.05, 3.63) is 41.5 Å². The van der Waals surface area contributed by atoms with Crippen LogP contribution < -0.4 is 15.4 Å². The number of Topliss-reactive ketones (excluding diaryl/α,β-unsaturated/α-hetero) is 1. The van der Waals surface area contributed by atoms with Crippen LogP contribution in [0.4, 0.5) is 5.69 Å². The van der Waals surface area contributed by atoms with Crippen LogP contribution in [0.1, 0.15) is 52.1 Å². The zero-order valence-corrected chi connectivity index (χ0v) is 14.5. The SMILES string of the molecule is O=C(Nc1cnccc1OC[C@H]1CCCN1)c1c[nH]c2c1C(=O)CCC2. The number of amides is 1. The second-order valence-electron chi connectivity index (χ2n) is 6.76. The minimum atomic E-state index is -0.324. The average Bonchev–Trinajstić information content (AvgIpc) is 3.31. The molecule has 1 aliphatic carbocycles. The zero-order valence-electron chi connectivity index (χ0n) is 14.5. The summed E-state index contributed by atoms with van der Waals surface area (Å²) in [5.74, 6) is 0.278. The summed E-state index contributed by atoms with van der Waals surface area (Å²) in [7, 11) is 0. The van der Waals surface area contributed by atoms with Gasteiger partial charge < -0.3 is 20.4 Å². The number of anilines is 1. The van der Waals surface area contributed by atoms with Gasteiger partial charge in [0.05, 0.1) is 17.3 Å². The highest BCUT2D eigenvalue weighted by atomic mass is 16.5. The van der Waals surface area contributed by atoms with Crippen molar-refractivity contribution >= 4 is 17.4 Å². The number of hydrogen-bond donors (Lipinski definition) is 3. The minimum absolute atomic E-state index is 0.0209. The molecule has 0 unspecified atom stereocenters. The van der Waals surface area contributed by atoms with Gasteiger partial charge in [0.1, 0.15) is 18.0 Å². The second-order valence-corrected chi connectivity index (χ2v) is 6.76. The second kappa shape index (κ2) is 7.29. The van der Waals surface area contributed by atoms with Crippen molar-refractivity contribution in [1.82, 2.24) is 15.3 Å². The first kappa shape index (κ1) is 16.8. The first-order valence-electron chi connectivity index (χ1n) is 9.07. The number of carbonyl (C=O) groups is 2. The number of aromatic amines is 1.